The van der Waals surface area contributed by atoms with E-state index in [2.05, 4.69) is 38.6 Å². The van der Waals surface area contributed by atoms with Crippen LogP contribution in [0.2, 0.25) is 0 Å². The van der Waals surface area contributed by atoms with Crippen LogP contribution in [0.4, 0.5) is 0 Å². The SMILES string of the molecule is COc1nc2[nH]cc(I)c2cc1C#N. The van der Waals surface area contributed by atoms with E-state index in [0.717, 1.165) is 14.6 Å². The monoisotopic (exact) mass is 299 g/mol. The number of methoxy groups -OCH3 is 1. The number of rotatable bonds is 1. The van der Waals surface area contributed by atoms with E-state index in [1.54, 1.807) is 6.07 Å². The third-order valence-electron chi connectivity index (χ3n) is 1.89. The zero-order valence-corrected chi connectivity index (χ0v) is 9.49. The Morgan fingerprint density at radius 3 is 3.07 bits per heavy atom. The Hall–Kier alpha value is -1.29. The molecule has 0 fully saturated rings. The summed E-state index contributed by atoms with van der Waals surface area (Å²) >= 11 is 2.19. The van der Waals surface area contributed by atoms with E-state index in [1.807, 2.05) is 6.20 Å². The molecule has 70 valence electrons. The fourth-order valence-electron chi connectivity index (χ4n) is 1.23. The summed E-state index contributed by atoms with van der Waals surface area (Å²) in [6.45, 7) is 0. The van der Waals surface area contributed by atoms with E-state index in [1.165, 1.54) is 7.11 Å². The number of pyridine rings is 1. The van der Waals surface area contributed by atoms with Gasteiger partial charge in [-0.05, 0) is 28.7 Å². The number of H-pyrrole nitrogens is 1. The quantitative estimate of drug-likeness (QED) is 0.820. The maximum atomic E-state index is 8.85. The summed E-state index contributed by atoms with van der Waals surface area (Å²) in [5, 5.41) is 9.80. The van der Waals surface area contributed by atoms with Gasteiger partial charge in [-0.1, -0.05) is 0 Å². The number of aromatic nitrogens is 2. The van der Waals surface area contributed by atoms with Crippen LogP contribution in [0.5, 0.6) is 5.88 Å². The van der Waals surface area contributed by atoms with Crippen molar-refractivity contribution in [3.63, 3.8) is 0 Å². The largest absolute Gasteiger partial charge is 0.480 e. The van der Waals surface area contributed by atoms with Crippen LogP contribution in [0.25, 0.3) is 11.0 Å². The fraction of sp³-hybridized carbons (Fsp3) is 0.111. The van der Waals surface area contributed by atoms with Crippen molar-refractivity contribution < 1.29 is 4.74 Å². The third-order valence-corrected chi connectivity index (χ3v) is 2.79. The molecular formula is C9H6IN3O. The molecule has 2 aromatic rings. The molecule has 0 amide bonds. The zero-order valence-electron chi connectivity index (χ0n) is 7.34. The lowest BCUT2D eigenvalue weighted by Crippen LogP contribution is -1.92. The minimum absolute atomic E-state index is 0.359. The number of halogens is 1. The Bertz CT molecular complexity index is 527. The number of aromatic amines is 1. The van der Waals surface area contributed by atoms with Crippen LogP contribution in [0.15, 0.2) is 12.3 Å². The standard InChI is InChI=1S/C9H6IN3O/c1-14-9-5(3-11)2-6-7(10)4-12-8(6)13-9/h2,4H,1H3,(H,12,13). The molecule has 0 bridgehead atoms. The first-order chi connectivity index (χ1) is 6.76. The Morgan fingerprint density at radius 1 is 1.64 bits per heavy atom. The van der Waals surface area contributed by atoms with Gasteiger partial charge in [0.15, 0.2) is 0 Å². The molecule has 0 spiro atoms. The number of ether oxygens (including phenoxy) is 1. The molecule has 2 aromatic heterocycles. The smallest absolute Gasteiger partial charge is 0.233 e. The van der Waals surface area contributed by atoms with E-state index in [-0.39, 0.29) is 0 Å². The number of fused-ring (bicyclic) bond motifs is 1. The van der Waals surface area contributed by atoms with Crippen LogP contribution in [0.3, 0.4) is 0 Å². The van der Waals surface area contributed by atoms with Crippen LogP contribution in [-0.4, -0.2) is 17.1 Å². The molecule has 0 atom stereocenters. The first-order valence-corrected chi connectivity index (χ1v) is 4.96. The molecule has 0 saturated carbocycles. The normalized spacial score (nSPS) is 10.1. The van der Waals surface area contributed by atoms with Crippen LogP contribution in [0.1, 0.15) is 5.56 Å². The summed E-state index contributed by atoms with van der Waals surface area (Å²) in [4.78, 5) is 7.19. The van der Waals surface area contributed by atoms with Gasteiger partial charge in [0.1, 0.15) is 17.3 Å². The lowest BCUT2D eigenvalue weighted by Gasteiger charge is -2.00. The molecule has 0 aliphatic rings. The molecule has 5 heteroatoms. The van der Waals surface area contributed by atoms with Crippen molar-refractivity contribution >= 4 is 33.6 Å². The van der Waals surface area contributed by atoms with Gasteiger partial charge in [0.25, 0.3) is 0 Å². The average molecular weight is 299 g/mol. The van der Waals surface area contributed by atoms with Crippen molar-refractivity contribution in [1.82, 2.24) is 9.97 Å². The highest BCUT2D eigenvalue weighted by Gasteiger charge is 2.09. The highest BCUT2D eigenvalue weighted by atomic mass is 127. The fourth-order valence-corrected chi connectivity index (χ4v) is 1.80. The van der Waals surface area contributed by atoms with E-state index in [4.69, 9.17) is 10.00 Å². The lowest BCUT2D eigenvalue weighted by atomic mass is 10.2. The van der Waals surface area contributed by atoms with Gasteiger partial charge < -0.3 is 9.72 Å². The Labute approximate surface area is 94.0 Å². The van der Waals surface area contributed by atoms with Crippen molar-refractivity contribution in [1.29, 1.82) is 5.26 Å². The van der Waals surface area contributed by atoms with Gasteiger partial charge in [0, 0.05) is 15.2 Å². The van der Waals surface area contributed by atoms with Gasteiger partial charge in [-0.2, -0.15) is 10.2 Å². The zero-order chi connectivity index (χ0) is 10.1. The van der Waals surface area contributed by atoms with Gasteiger partial charge in [-0.25, -0.2) is 0 Å². The maximum Gasteiger partial charge on any atom is 0.233 e. The van der Waals surface area contributed by atoms with Crippen LogP contribution in [-0.2, 0) is 0 Å². The van der Waals surface area contributed by atoms with Gasteiger partial charge >= 0.3 is 0 Å². The predicted octanol–water partition coefficient (Wildman–Crippen LogP) is 2.05. The topological polar surface area (TPSA) is 61.7 Å². The summed E-state index contributed by atoms with van der Waals surface area (Å²) < 4.78 is 6.04. The first kappa shape index (κ1) is 9.27. The van der Waals surface area contributed by atoms with Crippen LogP contribution in [0, 0.1) is 14.9 Å². The van der Waals surface area contributed by atoms with E-state index in [9.17, 15) is 0 Å². The molecule has 4 nitrogen and oxygen atoms in total. The second kappa shape index (κ2) is 3.46. The van der Waals surface area contributed by atoms with Crippen molar-refractivity contribution in [3.05, 3.63) is 21.4 Å². The molecule has 2 rings (SSSR count). The molecule has 0 unspecified atom stereocenters. The van der Waals surface area contributed by atoms with Gasteiger partial charge in [0.05, 0.1) is 7.11 Å². The number of hydrogen-bond acceptors (Lipinski definition) is 3. The Balaban J connectivity index is 2.79. The van der Waals surface area contributed by atoms with Crippen molar-refractivity contribution in [2.45, 2.75) is 0 Å². The van der Waals surface area contributed by atoms with Crippen molar-refractivity contribution in [2.24, 2.45) is 0 Å². The number of nitrogens with zero attached hydrogens (tertiary/aromatic N) is 2. The second-order valence-corrected chi connectivity index (χ2v) is 3.85. The molecule has 0 aromatic carbocycles. The van der Waals surface area contributed by atoms with Crippen molar-refractivity contribution in [2.75, 3.05) is 7.11 Å². The van der Waals surface area contributed by atoms with Gasteiger partial charge in [-0.15, -0.1) is 0 Å². The number of hydrogen-bond donors (Lipinski definition) is 1. The average Bonchev–Trinajstić information content (AvgIpc) is 2.58. The van der Waals surface area contributed by atoms with Gasteiger partial charge in [0.2, 0.25) is 5.88 Å². The molecule has 0 aliphatic carbocycles. The number of nitrogens with one attached hydrogen (secondary N) is 1. The van der Waals surface area contributed by atoms with Gasteiger partial charge in [-0.3, -0.25) is 0 Å². The van der Waals surface area contributed by atoms with Crippen LogP contribution < -0.4 is 4.74 Å². The first-order valence-electron chi connectivity index (χ1n) is 3.88. The second-order valence-electron chi connectivity index (χ2n) is 2.69. The summed E-state index contributed by atoms with van der Waals surface area (Å²) in [6, 6.07) is 3.83. The summed E-state index contributed by atoms with van der Waals surface area (Å²) in [7, 11) is 1.50. The predicted molar refractivity (Wildman–Crippen MR) is 60.1 cm³/mol. The molecule has 0 radical (unpaired) electrons. The maximum absolute atomic E-state index is 8.85. The lowest BCUT2D eigenvalue weighted by molar-refractivity contribution is 0.398. The minimum Gasteiger partial charge on any atom is -0.480 e. The number of nitriles is 1. The third kappa shape index (κ3) is 1.32. The summed E-state index contributed by atoms with van der Waals surface area (Å²) in [6.07, 6.45) is 1.85. The molecule has 2 heterocycles. The Morgan fingerprint density at radius 2 is 2.43 bits per heavy atom. The van der Waals surface area contributed by atoms with E-state index >= 15 is 0 Å². The van der Waals surface area contributed by atoms with E-state index < -0.39 is 0 Å². The molecule has 1 N–H and O–H groups in total. The van der Waals surface area contributed by atoms with Crippen molar-refractivity contribution in [3.8, 4) is 11.9 Å². The Kier molecular flexibility index (Phi) is 2.29. The highest BCUT2D eigenvalue weighted by Crippen LogP contribution is 2.24. The molecule has 0 saturated heterocycles. The highest BCUT2D eigenvalue weighted by molar-refractivity contribution is 14.1. The van der Waals surface area contributed by atoms with E-state index in [0.29, 0.717) is 11.4 Å². The summed E-state index contributed by atoms with van der Waals surface area (Å²) in [5.74, 6) is 0.359. The minimum atomic E-state index is 0.359. The molecule has 14 heavy (non-hydrogen) atoms. The molecule has 0 aliphatic heterocycles. The summed E-state index contributed by atoms with van der Waals surface area (Å²) in [5.41, 5.74) is 1.20. The molecular weight excluding hydrogens is 293 g/mol. The van der Waals surface area contributed by atoms with Crippen LogP contribution >= 0.6 is 22.6 Å².